The molecule has 0 bridgehead atoms. The Labute approximate surface area is 194 Å². The zero-order valence-corrected chi connectivity index (χ0v) is 18.6. The molecule has 0 heterocycles. The molecule has 1 aliphatic carbocycles. The molecule has 0 spiro atoms. The second kappa shape index (κ2) is 10.5. The van der Waals surface area contributed by atoms with E-state index in [1.807, 2.05) is 18.2 Å². The summed E-state index contributed by atoms with van der Waals surface area (Å²) in [5, 5.41) is 12.1. The molecule has 5 heteroatoms. The van der Waals surface area contributed by atoms with Crippen LogP contribution in [0.15, 0.2) is 78.9 Å². The molecular weight excluding hydrogens is 412 g/mol. The maximum absolute atomic E-state index is 12.8. The van der Waals surface area contributed by atoms with Gasteiger partial charge in [-0.25, -0.2) is 0 Å². The minimum Gasteiger partial charge on any atom is -0.480 e. The Hall–Kier alpha value is -3.44. The summed E-state index contributed by atoms with van der Waals surface area (Å²) in [7, 11) is 0. The molecule has 4 rings (SSSR count). The van der Waals surface area contributed by atoms with E-state index in [1.54, 1.807) is 24.3 Å². The fourth-order valence-electron chi connectivity index (χ4n) is 4.39. The van der Waals surface area contributed by atoms with Crippen LogP contribution < -0.4 is 11.1 Å². The molecule has 3 aromatic rings. The summed E-state index contributed by atoms with van der Waals surface area (Å²) < 4.78 is 0. The van der Waals surface area contributed by atoms with E-state index in [0.29, 0.717) is 23.9 Å². The zero-order chi connectivity index (χ0) is 23.2. The van der Waals surface area contributed by atoms with Crippen molar-refractivity contribution in [2.75, 3.05) is 6.54 Å². The number of carbonyl (C=O) groups excluding carboxylic acids is 1. The predicted molar refractivity (Wildman–Crippen MR) is 130 cm³/mol. The third-order valence-corrected chi connectivity index (χ3v) is 6.64. The first-order valence-corrected chi connectivity index (χ1v) is 11.5. The van der Waals surface area contributed by atoms with Gasteiger partial charge in [-0.1, -0.05) is 73.2 Å². The number of carbonyl (C=O) groups is 2. The molecule has 1 amide bonds. The maximum Gasteiger partial charge on any atom is 0.320 e. The van der Waals surface area contributed by atoms with E-state index in [4.69, 9.17) is 10.8 Å². The van der Waals surface area contributed by atoms with Crippen molar-refractivity contribution in [2.45, 2.75) is 37.6 Å². The van der Waals surface area contributed by atoms with Crippen LogP contribution in [0.5, 0.6) is 0 Å². The van der Waals surface area contributed by atoms with Crippen LogP contribution in [0.1, 0.15) is 46.7 Å². The number of aliphatic carboxylic acids is 1. The number of hydrogen-bond acceptors (Lipinski definition) is 3. The number of benzene rings is 3. The molecule has 2 atom stereocenters. The summed E-state index contributed by atoms with van der Waals surface area (Å²) >= 11 is 0. The second-order valence-corrected chi connectivity index (χ2v) is 8.84. The molecule has 1 aliphatic rings. The molecule has 0 unspecified atom stereocenters. The fourth-order valence-corrected chi connectivity index (χ4v) is 4.39. The summed E-state index contributed by atoms with van der Waals surface area (Å²) in [4.78, 5) is 23.7. The molecular formula is C28H30N2O3. The normalized spacial score (nSPS) is 15.3. The van der Waals surface area contributed by atoms with Crippen molar-refractivity contribution in [3.8, 4) is 11.1 Å². The van der Waals surface area contributed by atoms with E-state index in [2.05, 4.69) is 41.7 Å². The van der Waals surface area contributed by atoms with Gasteiger partial charge in [-0.05, 0) is 59.6 Å². The molecule has 170 valence electrons. The fraction of sp³-hybridized carbons (Fsp3) is 0.286. The van der Waals surface area contributed by atoms with Crippen molar-refractivity contribution in [3.63, 3.8) is 0 Å². The van der Waals surface area contributed by atoms with Crippen molar-refractivity contribution in [1.29, 1.82) is 0 Å². The lowest BCUT2D eigenvalue weighted by atomic mass is 9.73. The van der Waals surface area contributed by atoms with Crippen molar-refractivity contribution in [2.24, 2.45) is 11.7 Å². The minimum absolute atomic E-state index is 0.116. The largest absolute Gasteiger partial charge is 0.480 e. The lowest BCUT2D eigenvalue weighted by Gasteiger charge is -2.34. The molecule has 5 nitrogen and oxygen atoms in total. The molecule has 1 saturated carbocycles. The number of nitrogens with two attached hydrogens (primary N) is 1. The second-order valence-electron chi connectivity index (χ2n) is 8.84. The molecule has 4 N–H and O–H groups in total. The van der Waals surface area contributed by atoms with Crippen LogP contribution in [-0.4, -0.2) is 29.6 Å². The molecule has 0 saturated heterocycles. The van der Waals surface area contributed by atoms with E-state index in [9.17, 15) is 9.59 Å². The van der Waals surface area contributed by atoms with Crippen molar-refractivity contribution < 1.29 is 14.7 Å². The highest BCUT2D eigenvalue weighted by Crippen LogP contribution is 2.39. The van der Waals surface area contributed by atoms with Crippen molar-refractivity contribution in [1.82, 2.24) is 5.32 Å². The lowest BCUT2D eigenvalue weighted by molar-refractivity contribution is -0.138. The maximum atomic E-state index is 12.8. The van der Waals surface area contributed by atoms with Gasteiger partial charge < -0.3 is 16.2 Å². The predicted octanol–water partition coefficient (Wildman–Crippen LogP) is 4.62. The van der Waals surface area contributed by atoms with Gasteiger partial charge in [-0.15, -0.1) is 0 Å². The third-order valence-electron chi connectivity index (χ3n) is 6.64. The van der Waals surface area contributed by atoms with Crippen LogP contribution in [0.4, 0.5) is 0 Å². The molecule has 0 aliphatic heterocycles. The summed E-state index contributed by atoms with van der Waals surface area (Å²) in [5.74, 6) is -0.266. The summed E-state index contributed by atoms with van der Waals surface area (Å²) in [6.07, 6.45) is 3.87. The Morgan fingerprint density at radius 1 is 0.909 bits per heavy atom. The van der Waals surface area contributed by atoms with Gasteiger partial charge in [-0.2, -0.15) is 0 Å². The summed E-state index contributed by atoms with van der Waals surface area (Å²) in [6.45, 7) is 0.597. The highest BCUT2D eigenvalue weighted by atomic mass is 16.4. The van der Waals surface area contributed by atoms with E-state index in [0.717, 1.165) is 5.56 Å². The SMILES string of the molecule is N[C@@H](Cc1ccc(C(=O)NC[C@@H](c2ccc(-c3ccccc3)cc2)C2CCC2)cc1)C(=O)O. The highest BCUT2D eigenvalue weighted by Gasteiger charge is 2.29. The van der Waals surface area contributed by atoms with Crippen LogP contribution in [0.25, 0.3) is 11.1 Å². The van der Waals surface area contributed by atoms with E-state index in [-0.39, 0.29) is 12.3 Å². The van der Waals surface area contributed by atoms with Gasteiger partial charge in [0.05, 0.1) is 0 Å². The monoisotopic (exact) mass is 442 g/mol. The minimum atomic E-state index is -1.03. The molecule has 0 aromatic heterocycles. The Bertz CT molecular complexity index is 1070. The first-order chi connectivity index (χ1) is 16.0. The van der Waals surface area contributed by atoms with Crippen LogP contribution in [0.2, 0.25) is 0 Å². The average molecular weight is 443 g/mol. The van der Waals surface area contributed by atoms with E-state index in [1.165, 1.54) is 36.0 Å². The molecule has 1 fully saturated rings. The Balaban J connectivity index is 1.40. The number of nitrogens with one attached hydrogen (secondary N) is 1. The van der Waals surface area contributed by atoms with Gasteiger partial charge in [0.15, 0.2) is 0 Å². The summed E-state index contributed by atoms with van der Waals surface area (Å²) in [5.41, 5.74) is 10.6. The molecule has 3 aromatic carbocycles. The van der Waals surface area contributed by atoms with E-state index >= 15 is 0 Å². The van der Waals surface area contributed by atoms with Gasteiger partial charge in [0.2, 0.25) is 0 Å². The quantitative estimate of drug-likeness (QED) is 0.451. The standard InChI is InChI=1S/C28H30N2O3/c29-26(28(32)33)17-19-9-11-24(12-10-19)27(31)30-18-25(22-7-4-8-22)23-15-13-21(14-16-23)20-5-2-1-3-6-20/h1-3,5-6,9-16,22,25-26H,4,7-8,17-18,29H2,(H,30,31)(H,32,33)/t25-,26+/m1/s1. The van der Waals surface area contributed by atoms with Crippen molar-refractivity contribution in [3.05, 3.63) is 95.6 Å². The first kappa shape index (κ1) is 22.7. The molecule has 33 heavy (non-hydrogen) atoms. The van der Waals surface area contributed by atoms with Gasteiger partial charge in [0.1, 0.15) is 6.04 Å². The van der Waals surface area contributed by atoms with E-state index < -0.39 is 12.0 Å². The number of amides is 1. The van der Waals surface area contributed by atoms with Gasteiger partial charge in [0, 0.05) is 18.0 Å². The van der Waals surface area contributed by atoms with Gasteiger partial charge >= 0.3 is 5.97 Å². The Morgan fingerprint density at radius 2 is 1.55 bits per heavy atom. The zero-order valence-electron chi connectivity index (χ0n) is 18.6. The number of carboxylic acids is 1. The number of carboxylic acid groups (broad SMARTS) is 1. The molecule has 0 radical (unpaired) electrons. The summed E-state index contributed by atoms with van der Waals surface area (Å²) in [6, 6.07) is 25.1. The first-order valence-electron chi connectivity index (χ1n) is 11.5. The van der Waals surface area contributed by atoms with Crippen molar-refractivity contribution >= 4 is 11.9 Å². The lowest BCUT2D eigenvalue weighted by Crippen LogP contribution is -2.34. The van der Waals surface area contributed by atoms with Crippen LogP contribution in [0, 0.1) is 5.92 Å². The Morgan fingerprint density at radius 3 is 2.12 bits per heavy atom. The van der Waals surface area contributed by atoms with Gasteiger partial charge in [0.25, 0.3) is 5.91 Å². The van der Waals surface area contributed by atoms with Crippen LogP contribution in [-0.2, 0) is 11.2 Å². The topological polar surface area (TPSA) is 92.4 Å². The van der Waals surface area contributed by atoms with Crippen LogP contribution >= 0.6 is 0 Å². The highest BCUT2D eigenvalue weighted by molar-refractivity contribution is 5.94. The smallest absolute Gasteiger partial charge is 0.320 e. The average Bonchev–Trinajstić information content (AvgIpc) is 2.81. The Kier molecular flexibility index (Phi) is 7.20. The third kappa shape index (κ3) is 5.68. The number of hydrogen-bond donors (Lipinski definition) is 3. The van der Waals surface area contributed by atoms with Crippen LogP contribution in [0.3, 0.4) is 0 Å². The van der Waals surface area contributed by atoms with Gasteiger partial charge in [-0.3, -0.25) is 9.59 Å². The number of rotatable bonds is 9.